The highest BCUT2D eigenvalue weighted by Crippen LogP contribution is 2.40. The Morgan fingerprint density at radius 1 is 0.952 bits per heavy atom. The van der Waals surface area contributed by atoms with Gasteiger partial charge in [-0.1, -0.05) is 0 Å². The van der Waals surface area contributed by atoms with Crippen molar-refractivity contribution in [3.05, 3.63) is 51.7 Å². The molecule has 0 radical (unpaired) electrons. The van der Waals surface area contributed by atoms with Gasteiger partial charge in [0.25, 0.3) is 0 Å². The normalized spacial score (nSPS) is 13.0. The van der Waals surface area contributed by atoms with E-state index < -0.39 is 29.2 Å². The molecule has 8 heteroatoms. The van der Waals surface area contributed by atoms with Crippen LogP contribution in [0.15, 0.2) is 40.0 Å². The van der Waals surface area contributed by atoms with Crippen LogP contribution in [0.3, 0.4) is 0 Å². The first-order valence-electron chi connectivity index (χ1n) is 5.52. The molecule has 0 aliphatic carbocycles. The topological polar surface area (TPSA) is 12.4 Å². The largest absolute Gasteiger partial charge is 0.418 e. The SMILES string of the molecule is FC(F)(F)c1ccc(C(F)(F)F)c(N=Cc2ccsc2)c1. The van der Waals surface area contributed by atoms with Gasteiger partial charge in [0.15, 0.2) is 0 Å². The molecular formula is C13H7F6NS. The van der Waals surface area contributed by atoms with Crippen LogP contribution in [0.2, 0.25) is 0 Å². The molecule has 2 aromatic rings. The molecule has 0 bridgehead atoms. The number of hydrogen-bond donors (Lipinski definition) is 0. The van der Waals surface area contributed by atoms with E-state index in [0.29, 0.717) is 23.8 Å². The number of nitrogens with zero attached hydrogens (tertiary/aromatic N) is 1. The third kappa shape index (κ3) is 3.84. The lowest BCUT2D eigenvalue weighted by Gasteiger charge is -2.13. The predicted octanol–water partition coefficient (Wildman–Crippen LogP) is 5.54. The Kier molecular flexibility index (Phi) is 4.08. The van der Waals surface area contributed by atoms with Crippen LogP contribution in [0, 0.1) is 0 Å². The molecule has 0 fully saturated rings. The number of alkyl halides is 6. The third-order valence-corrected chi connectivity index (χ3v) is 3.23. The van der Waals surface area contributed by atoms with Crippen LogP contribution in [0.5, 0.6) is 0 Å². The minimum Gasteiger partial charge on any atom is -0.256 e. The second kappa shape index (κ2) is 5.51. The van der Waals surface area contributed by atoms with Crippen LogP contribution < -0.4 is 0 Å². The highest BCUT2D eigenvalue weighted by Gasteiger charge is 2.37. The molecule has 112 valence electrons. The Hall–Kier alpha value is -1.83. The van der Waals surface area contributed by atoms with Crippen molar-refractivity contribution in [3.8, 4) is 0 Å². The van der Waals surface area contributed by atoms with Crippen molar-refractivity contribution >= 4 is 23.2 Å². The quantitative estimate of drug-likeness (QED) is 0.508. The molecule has 0 spiro atoms. The molecule has 1 aromatic carbocycles. The zero-order valence-corrected chi connectivity index (χ0v) is 11.0. The van der Waals surface area contributed by atoms with E-state index in [1.54, 1.807) is 16.8 Å². The Bertz CT molecular complexity index is 640. The van der Waals surface area contributed by atoms with E-state index >= 15 is 0 Å². The minimum absolute atomic E-state index is 0.392. The van der Waals surface area contributed by atoms with Gasteiger partial charge in [0, 0.05) is 11.8 Å². The fourth-order valence-electron chi connectivity index (χ4n) is 1.55. The molecule has 1 heterocycles. The van der Waals surface area contributed by atoms with E-state index in [0.717, 1.165) is 6.21 Å². The lowest BCUT2D eigenvalue weighted by atomic mass is 10.1. The molecule has 0 saturated heterocycles. The van der Waals surface area contributed by atoms with Crippen molar-refractivity contribution in [1.82, 2.24) is 0 Å². The Balaban J connectivity index is 2.48. The molecule has 0 aliphatic rings. The van der Waals surface area contributed by atoms with Gasteiger partial charge in [-0.25, -0.2) is 0 Å². The predicted molar refractivity (Wildman–Crippen MR) is 68.0 cm³/mol. The molecule has 0 atom stereocenters. The van der Waals surface area contributed by atoms with Gasteiger partial charge in [-0.05, 0) is 35.0 Å². The summed E-state index contributed by atoms with van der Waals surface area (Å²) < 4.78 is 76.1. The minimum atomic E-state index is -4.77. The van der Waals surface area contributed by atoms with E-state index in [2.05, 4.69) is 4.99 Å². The summed E-state index contributed by atoms with van der Waals surface area (Å²) in [5.74, 6) is 0. The molecule has 2 rings (SSSR count). The number of benzene rings is 1. The average Bonchev–Trinajstić information content (AvgIpc) is 2.86. The summed E-state index contributed by atoms with van der Waals surface area (Å²) in [5, 5.41) is 3.29. The van der Waals surface area contributed by atoms with E-state index in [-0.39, 0.29) is 0 Å². The highest BCUT2D eigenvalue weighted by molar-refractivity contribution is 7.08. The number of aliphatic imine (C=N–C) groups is 1. The van der Waals surface area contributed by atoms with Gasteiger partial charge in [0.05, 0.1) is 16.8 Å². The number of hydrogen-bond acceptors (Lipinski definition) is 2. The van der Waals surface area contributed by atoms with Gasteiger partial charge in [0.2, 0.25) is 0 Å². The summed E-state index contributed by atoms with van der Waals surface area (Å²) >= 11 is 1.30. The number of rotatable bonds is 2. The zero-order chi connectivity index (χ0) is 15.7. The van der Waals surface area contributed by atoms with Crippen LogP contribution in [0.25, 0.3) is 0 Å². The second-order valence-electron chi connectivity index (χ2n) is 4.04. The van der Waals surface area contributed by atoms with E-state index in [1.807, 2.05) is 0 Å². The van der Waals surface area contributed by atoms with Crippen molar-refractivity contribution in [2.24, 2.45) is 4.99 Å². The van der Waals surface area contributed by atoms with Gasteiger partial charge >= 0.3 is 12.4 Å². The zero-order valence-electron chi connectivity index (χ0n) is 10.2. The molecule has 0 saturated carbocycles. The van der Waals surface area contributed by atoms with Gasteiger partial charge in [-0.2, -0.15) is 37.7 Å². The van der Waals surface area contributed by atoms with Crippen molar-refractivity contribution in [2.45, 2.75) is 12.4 Å². The third-order valence-electron chi connectivity index (χ3n) is 2.53. The Labute approximate surface area is 119 Å². The van der Waals surface area contributed by atoms with Crippen molar-refractivity contribution in [2.75, 3.05) is 0 Å². The molecule has 0 aliphatic heterocycles. The summed E-state index contributed by atoms with van der Waals surface area (Å²) in [6, 6.07) is 2.77. The Morgan fingerprint density at radius 3 is 2.19 bits per heavy atom. The summed E-state index contributed by atoms with van der Waals surface area (Å²) in [6.07, 6.45) is -8.40. The van der Waals surface area contributed by atoms with Crippen molar-refractivity contribution in [1.29, 1.82) is 0 Å². The van der Waals surface area contributed by atoms with Crippen LogP contribution in [0.4, 0.5) is 32.0 Å². The monoisotopic (exact) mass is 323 g/mol. The molecule has 0 amide bonds. The van der Waals surface area contributed by atoms with Gasteiger partial charge < -0.3 is 0 Å². The number of thiophene rings is 1. The highest BCUT2D eigenvalue weighted by atomic mass is 32.1. The Morgan fingerprint density at radius 2 is 1.67 bits per heavy atom. The molecule has 21 heavy (non-hydrogen) atoms. The van der Waals surface area contributed by atoms with Crippen LogP contribution in [-0.4, -0.2) is 6.21 Å². The van der Waals surface area contributed by atoms with Crippen LogP contribution in [0.1, 0.15) is 16.7 Å². The maximum atomic E-state index is 12.8. The van der Waals surface area contributed by atoms with Gasteiger partial charge in [0.1, 0.15) is 0 Å². The summed E-state index contributed by atoms with van der Waals surface area (Å²) in [7, 11) is 0. The van der Waals surface area contributed by atoms with E-state index in [4.69, 9.17) is 0 Å². The van der Waals surface area contributed by atoms with Gasteiger partial charge in [-0.15, -0.1) is 0 Å². The smallest absolute Gasteiger partial charge is 0.256 e. The maximum absolute atomic E-state index is 12.8. The lowest BCUT2D eigenvalue weighted by molar-refractivity contribution is -0.140. The fourth-order valence-corrected chi connectivity index (χ4v) is 2.16. The summed E-state index contributed by atoms with van der Waals surface area (Å²) in [5.41, 5.74) is -2.62. The van der Waals surface area contributed by atoms with Crippen molar-refractivity contribution in [3.63, 3.8) is 0 Å². The van der Waals surface area contributed by atoms with E-state index in [9.17, 15) is 26.3 Å². The summed E-state index contributed by atoms with van der Waals surface area (Å²) in [4.78, 5) is 3.55. The molecule has 1 nitrogen and oxygen atoms in total. The molecule has 1 aromatic heterocycles. The van der Waals surface area contributed by atoms with Crippen LogP contribution >= 0.6 is 11.3 Å². The number of halogens is 6. The fraction of sp³-hybridized carbons (Fsp3) is 0.154. The van der Waals surface area contributed by atoms with Gasteiger partial charge in [-0.3, -0.25) is 4.99 Å². The lowest BCUT2D eigenvalue weighted by Crippen LogP contribution is -2.09. The molecule has 0 unspecified atom stereocenters. The molecular weight excluding hydrogens is 316 g/mol. The first kappa shape index (κ1) is 15.6. The average molecular weight is 323 g/mol. The first-order chi connectivity index (χ1) is 9.68. The van der Waals surface area contributed by atoms with E-state index in [1.165, 1.54) is 11.3 Å². The van der Waals surface area contributed by atoms with Crippen LogP contribution in [-0.2, 0) is 12.4 Å². The van der Waals surface area contributed by atoms with Crippen molar-refractivity contribution < 1.29 is 26.3 Å². The standard InChI is InChI=1S/C13H7F6NS/c14-12(15,16)9-1-2-10(13(17,18)19)11(5-9)20-6-8-3-4-21-7-8/h1-7H. The second-order valence-corrected chi connectivity index (χ2v) is 4.82. The maximum Gasteiger partial charge on any atom is 0.418 e. The first-order valence-corrected chi connectivity index (χ1v) is 6.47. The molecule has 0 N–H and O–H groups in total. The summed E-state index contributed by atoms with van der Waals surface area (Å²) in [6.45, 7) is 0.